The van der Waals surface area contributed by atoms with Crippen LogP contribution >= 0.6 is 11.6 Å². The van der Waals surface area contributed by atoms with Crippen molar-refractivity contribution in [2.24, 2.45) is 5.92 Å². The molecule has 0 atom stereocenters. The maximum Gasteiger partial charge on any atom is 0.123 e. The first-order valence-corrected chi connectivity index (χ1v) is 13.3. The third-order valence-electron chi connectivity index (χ3n) is 7.31. The lowest BCUT2D eigenvalue weighted by molar-refractivity contribution is 0.0668. The van der Waals surface area contributed by atoms with Gasteiger partial charge in [0.1, 0.15) is 18.2 Å². The Labute approximate surface area is 223 Å². The molecule has 0 amide bonds. The van der Waals surface area contributed by atoms with Crippen molar-refractivity contribution in [3.8, 4) is 5.75 Å². The Morgan fingerprint density at radius 2 is 1.84 bits per heavy atom. The molecule has 3 aromatic rings. The van der Waals surface area contributed by atoms with E-state index in [1.165, 1.54) is 11.6 Å². The molecule has 1 aliphatic heterocycles. The molecule has 0 aromatic heterocycles. The van der Waals surface area contributed by atoms with E-state index >= 15 is 0 Å². The average molecular weight is 520 g/mol. The summed E-state index contributed by atoms with van der Waals surface area (Å²) in [7, 11) is 0. The largest absolute Gasteiger partial charge is 0.492 e. The van der Waals surface area contributed by atoms with E-state index in [9.17, 15) is 8.78 Å². The van der Waals surface area contributed by atoms with Crippen LogP contribution in [0.4, 0.5) is 8.78 Å². The predicted molar refractivity (Wildman–Crippen MR) is 149 cm³/mol. The summed E-state index contributed by atoms with van der Waals surface area (Å²) < 4.78 is 32.6. The van der Waals surface area contributed by atoms with Crippen molar-refractivity contribution in [1.29, 1.82) is 0 Å². The zero-order chi connectivity index (χ0) is 25.9. The van der Waals surface area contributed by atoms with E-state index in [-0.39, 0.29) is 18.4 Å². The number of allylic oxidation sites excluding steroid dienone is 3. The summed E-state index contributed by atoms with van der Waals surface area (Å²) in [5.41, 5.74) is 8.73. The van der Waals surface area contributed by atoms with E-state index < -0.39 is 0 Å². The highest BCUT2D eigenvalue weighted by atomic mass is 35.5. The number of halogens is 3. The van der Waals surface area contributed by atoms with E-state index in [1.807, 2.05) is 31.2 Å². The number of alkyl halides is 1. The fourth-order valence-electron chi connectivity index (χ4n) is 5.35. The van der Waals surface area contributed by atoms with Crippen LogP contribution in [-0.2, 0) is 6.42 Å². The van der Waals surface area contributed by atoms with Gasteiger partial charge in [0.2, 0.25) is 0 Å². The van der Waals surface area contributed by atoms with E-state index in [0.717, 1.165) is 82.2 Å². The lowest BCUT2D eigenvalue weighted by Gasteiger charge is -2.37. The van der Waals surface area contributed by atoms with Crippen molar-refractivity contribution in [3.63, 3.8) is 0 Å². The molecule has 0 saturated carbocycles. The van der Waals surface area contributed by atoms with Gasteiger partial charge in [-0.25, -0.2) is 4.39 Å². The summed E-state index contributed by atoms with van der Waals surface area (Å²) in [6.07, 6.45) is 3.65. The van der Waals surface area contributed by atoms with E-state index in [2.05, 4.69) is 42.2 Å². The number of hydrogen-bond donors (Lipinski definition) is 0. The number of hydrogen-bond acceptors (Lipinski definition) is 2. The minimum Gasteiger partial charge on any atom is -0.492 e. The van der Waals surface area contributed by atoms with Crippen molar-refractivity contribution in [2.75, 3.05) is 32.9 Å². The third kappa shape index (κ3) is 5.66. The van der Waals surface area contributed by atoms with Crippen LogP contribution in [-0.4, -0.2) is 37.8 Å². The molecule has 2 aliphatic rings. The van der Waals surface area contributed by atoms with E-state index in [4.69, 9.17) is 16.3 Å². The van der Waals surface area contributed by atoms with E-state index in [1.54, 1.807) is 6.07 Å². The van der Waals surface area contributed by atoms with Crippen molar-refractivity contribution in [1.82, 2.24) is 4.90 Å². The van der Waals surface area contributed by atoms with Gasteiger partial charge < -0.3 is 4.74 Å². The van der Waals surface area contributed by atoms with Crippen molar-refractivity contribution < 1.29 is 13.5 Å². The SMILES string of the molecule is CC/C(=C(\C1=Cc2cc(F)ccc2C1)c1ccc(OCCN2CC(CF)C2)cc1)c1ccc(C)cc1Cl. The Bertz CT molecular complexity index is 1340. The number of nitrogens with zero attached hydrogens (tertiary/aromatic N) is 1. The topological polar surface area (TPSA) is 12.5 Å². The first kappa shape index (κ1) is 25.7. The molecule has 1 saturated heterocycles. The fourth-order valence-corrected chi connectivity index (χ4v) is 5.70. The first-order valence-electron chi connectivity index (χ1n) is 13.0. The van der Waals surface area contributed by atoms with Gasteiger partial charge >= 0.3 is 0 Å². The van der Waals surface area contributed by atoms with Gasteiger partial charge in [-0.2, -0.15) is 0 Å². The minimum atomic E-state index is -0.237. The summed E-state index contributed by atoms with van der Waals surface area (Å²) in [5.74, 6) is 0.772. The van der Waals surface area contributed by atoms with E-state index in [0.29, 0.717) is 6.61 Å². The molecule has 2 nitrogen and oxygen atoms in total. The smallest absolute Gasteiger partial charge is 0.123 e. The van der Waals surface area contributed by atoms with Crippen LogP contribution in [0.15, 0.2) is 66.2 Å². The number of fused-ring (bicyclic) bond motifs is 1. The quantitative estimate of drug-likeness (QED) is 0.265. The van der Waals surface area contributed by atoms with Crippen LogP contribution in [0.3, 0.4) is 0 Å². The van der Waals surface area contributed by atoms with Gasteiger partial charge in [0.15, 0.2) is 0 Å². The molecule has 0 spiro atoms. The molecule has 1 heterocycles. The second-order valence-corrected chi connectivity index (χ2v) is 10.4. The molecule has 5 heteroatoms. The number of rotatable bonds is 9. The summed E-state index contributed by atoms with van der Waals surface area (Å²) in [5, 5.41) is 0.734. The molecule has 1 fully saturated rings. The summed E-state index contributed by atoms with van der Waals surface area (Å²) in [6, 6.07) is 19.4. The molecule has 192 valence electrons. The van der Waals surface area contributed by atoms with Gasteiger partial charge in [0, 0.05) is 30.6 Å². The van der Waals surface area contributed by atoms with Crippen LogP contribution in [0.2, 0.25) is 5.02 Å². The molecule has 3 aromatic carbocycles. The molecule has 0 unspecified atom stereocenters. The maximum atomic E-state index is 14.0. The van der Waals surface area contributed by atoms with Gasteiger partial charge in [0.25, 0.3) is 0 Å². The van der Waals surface area contributed by atoms with Gasteiger partial charge in [-0.1, -0.05) is 54.9 Å². The number of benzene rings is 3. The van der Waals surface area contributed by atoms with Crippen molar-refractivity contribution >= 4 is 28.8 Å². The molecule has 0 radical (unpaired) electrons. The Morgan fingerprint density at radius 3 is 2.54 bits per heavy atom. The van der Waals surface area contributed by atoms with Gasteiger partial charge in [-0.15, -0.1) is 0 Å². The molecule has 37 heavy (non-hydrogen) atoms. The number of ether oxygens (including phenoxy) is 1. The number of likely N-dealkylation sites (tertiary alicyclic amines) is 1. The summed E-state index contributed by atoms with van der Waals surface area (Å²) in [6.45, 7) is 6.96. The summed E-state index contributed by atoms with van der Waals surface area (Å²) >= 11 is 6.75. The zero-order valence-electron chi connectivity index (χ0n) is 21.4. The number of aryl methyl sites for hydroxylation is 1. The third-order valence-corrected chi connectivity index (χ3v) is 7.63. The van der Waals surface area contributed by atoms with Crippen LogP contribution in [0.5, 0.6) is 5.75 Å². The lowest BCUT2D eigenvalue weighted by atomic mass is 9.87. The van der Waals surface area contributed by atoms with Crippen molar-refractivity contribution in [2.45, 2.75) is 26.7 Å². The van der Waals surface area contributed by atoms with Crippen LogP contribution in [0, 0.1) is 18.7 Å². The normalized spacial score (nSPS) is 16.2. The standard InChI is InChI=1S/C32H32ClF2NO/c1-3-29(30-11-4-21(2)14-31(30)33)32(26-15-24-5-8-27(35)17-25(24)16-26)23-6-9-28(10-7-23)37-13-12-36-19-22(18-34)20-36/h4-11,14,16-17,22H,3,12-13,15,18-20H2,1-2H3/b32-29+. The maximum absolute atomic E-state index is 14.0. The minimum absolute atomic E-state index is 0.187. The van der Waals surface area contributed by atoms with Crippen LogP contribution < -0.4 is 4.74 Å². The second-order valence-electron chi connectivity index (χ2n) is 10.0. The van der Waals surface area contributed by atoms with Crippen LogP contribution in [0.25, 0.3) is 17.2 Å². The van der Waals surface area contributed by atoms with Crippen LogP contribution in [0.1, 0.15) is 41.2 Å². The highest BCUT2D eigenvalue weighted by molar-refractivity contribution is 6.33. The monoisotopic (exact) mass is 519 g/mol. The van der Waals surface area contributed by atoms with Gasteiger partial charge in [0.05, 0.1) is 6.67 Å². The molecular weight excluding hydrogens is 488 g/mol. The Kier molecular flexibility index (Phi) is 7.78. The zero-order valence-corrected chi connectivity index (χ0v) is 22.1. The molecular formula is C32H32ClF2NO. The van der Waals surface area contributed by atoms with Gasteiger partial charge in [-0.05, 0) is 94.6 Å². The van der Waals surface area contributed by atoms with Crippen molar-refractivity contribution in [3.05, 3.63) is 105 Å². The Morgan fingerprint density at radius 1 is 1.05 bits per heavy atom. The molecule has 0 bridgehead atoms. The average Bonchev–Trinajstić information content (AvgIpc) is 3.27. The predicted octanol–water partition coefficient (Wildman–Crippen LogP) is 8.03. The molecule has 5 rings (SSSR count). The first-order chi connectivity index (χ1) is 17.9. The fraction of sp³-hybridized carbons (Fsp3) is 0.312. The second kappa shape index (κ2) is 11.2. The Balaban J connectivity index is 1.45. The molecule has 1 aliphatic carbocycles. The molecule has 0 N–H and O–H groups in total. The highest BCUT2D eigenvalue weighted by Crippen LogP contribution is 2.42. The Hall–Kier alpha value is -2.95. The lowest BCUT2D eigenvalue weighted by Crippen LogP contribution is -2.49. The van der Waals surface area contributed by atoms with Gasteiger partial charge in [-0.3, -0.25) is 9.29 Å². The highest BCUT2D eigenvalue weighted by Gasteiger charge is 2.26. The summed E-state index contributed by atoms with van der Waals surface area (Å²) in [4.78, 5) is 2.21.